The minimum Gasteiger partial charge on any atom is -0.508 e. The highest BCUT2D eigenvalue weighted by Crippen LogP contribution is 2.48. The Bertz CT molecular complexity index is 1500. The summed E-state index contributed by atoms with van der Waals surface area (Å²) in [4.78, 5) is 13.7. The van der Waals surface area contributed by atoms with E-state index in [1.807, 2.05) is 72.8 Å². The summed E-state index contributed by atoms with van der Waals surface area (Å²) in [5.74, 6) is 2.60. The van der Waals surface area contributed by atoms with Crippen LogP contribution in [-0.2, 0) is 10.2 Å². The molecule has 6 nitrogen and oxygen atoms in total. The monoisotopic (exact) mass is 501 g/mol. The molecule has 1 amide bonds. The van der Waals surface area contributed by atoms with Crippen LogP contribution in [0.15, 0.2) is 121 Å². The smallest absolute Gasteiger partial charge is 0.244 e. The molecule has 6 rings (SSSR count). The number of hydrogen-bond donors (Lipinski definition) is 3. The fraction of sp³-hybridized carbons (Fsp3) is 0.0312. The molecule has 0 unspecified atom stereocenters. The standard InChI is InChI=1S/C32H23NO5/c34-23-9-17-27(18-10-23)37-25-13-5-21(6-14-25)32(29-3-1-2-4-30(29)33-31(32)36)22-7-15-26(16-8-22)38-28-19-11-24(35)12-20-28/h1-20,34-35H,(H,33,36). The lowest BCUT2D eigenvalue weighted by Gasteiger charge is -2.29. The van der Waals surface area contributed by atoms with Gasteiger partial charge in [-0.2, -0.15) is 0 Å². The first-order valence-corrected chi connectivity index (χ1v) is 12.1. The van der Waals surface area contributed by atoms with Crippen molar-refractivity contribution >= 4 is 11.6 Å². The van der Waals surface area contributed by atoms with E-state index in [9.17, 15) is 15.0 Å². The van der Waals surface area contributed by atoms with Crippen LogP contribution in [-0.4, -0.2) is 16.1 Å². The molecule has 0 spiro atoms. The summed E-state index contributed by atoms with van der Waals surface area (Å²) in [7, 11) is 0. The Morgan fingerprint density at radius 1 is 0.526 bits per heavy atom. The third kappa shape index (κ3) is 4.08. The molecule has 6 heteroatoms. The minimum absolute atomic E-state index is 0.141. The van der Waals surface area contributed by atoms with Crippen LogP contribution in [0, 0.1) is 0 Å². The van der Waals surface area contributed by atoms with E-state index < -0.39 is 5.41 Å². The molecular weight excluding hydrogens is 478 g/mol. The van der Waals surface area contributed by atoms with Gasteiger partial charge in [-0.1, -0.05) is 42.5 Å². The second-order valence-corrected chi connectivity index (χ2v) is 8.99. The molecule has 38 heavy (non-hydrogen) atoms. The van der Waals surface area contributed by atoms with E-state index in [0.29, 0.717) is 23.0 Å². The number of anilines is 1. The second-order valence-electron chi connectivity index (χ2n) is 8.99. The van der Waals surface area contributed by atoms with Gasteiger partial charge in [0.15, 0.2) is 0 Å². The molecule has 1 aliphatic rings. The van der Waals surface area contributed by atoms with Crippen LogP contribution >= 0.6 is 0 Å². The van der Waals surface area contributed by atoms with Gasteiger partial charge in [0.1, 0.15) is 39.9 Å². The summed E-state index contributed by atoms with van der Waals surface area (Å²) in [5.41, 5.74) is 2.16. The van der Waals surface area contributed by atoms with Crippen LogP contribution in [0.3, 0.4) is 0 Å². The normalized spacial score (nSPS) is 13.4. The van der Waals surface area contributed by atoms with Gasteiger partial charge in [-0.15, -0.1) is 0 Å². The molecule has 1 heterocycles. The van der Waals surface area contributed by atoms with Crippen LogP contribution in [0.1, 0.15) is 16.7 Å². The van der Waals surface area contributed by atoms with E-state index in [4.69, 9.17) is 9.47 Å². The number of fused-ring (bicyclic) bond motifs is 1. The van der Waals surface area contributed by atoms with Crippen molar-refractivity contribution in [1.29, 1.82) is 0 Å². The number of nitrogens with one attached hydrogen (secondary N) is 1. The van der Waals surface area contributed by atoms with Crippen molar-refractivity contribution in [3.63, 3.8) is 0 Å². The maximum atomic E-state index is 13.7. The van der Waals surface area contributed by atoms with Gasteiger partial charge < -0.3 is 25.0 Å². The van der Waals surface area contributed by atoms with Crippen molar-refractivity contribution in [1.82, 2.24) is 0 Å². The molecule has 0 fully saturated rings. The molecule has 5 aromatic carbocycles. The number of para-hydroxylation sites is 1. The summed E-state index contributed by atoms with van der Waals surface area (Å²) in [6.07, 6.45) is 0. The van der Waals surface area contributed by atoms with Gasteiger partial charge in [0.2, 0.25) is 5.91 Å². The van der Waals surface area contributed by atoms with Crippen LogP contribution in [0.25, 0.3) is 0 Å². The summed E-state index contributed by atoms with van der Waals surface area (Å²) >= 11 is 0. The van der Waals surface area contributed by atoms with E-state index in [1.165, 1.54) is 0 Å². The number of carbonyl (C=O) groups is 1. The van der Waals surface area contributed by atoms with Gasteiger partial charge in [0.25, 0.3) is 0 Å². The molecule has 0 aromatic heterocycles. The van der Waals surface area contributed by atoms with Gasteiger partial charge in [-0.05, 0) is 90.0 Å². The SMILES string of the molecule is O=C1Nc2ccccc2C1(c1ccc(Oc2ccc(O)cc2)cc1)c1ccc(Oc2ccc(O)cc2)cc1. The lowest BCUT2D eigenvalue weighted by Crippen LogP contribution is -2.36. The van der Waals surface area contributed by atoms with Gasteiger partial charge >= 0.3 is 0 Å². The Kier molecular flexibility index (Phi) is 5.69. The number of ether oxygens (including phenoxy) is 2. The zero-order valence-electron chi connectivity index (χ0n) is 20.2. The van der Waals surface area contributed by atoms with Crippen molar-refractivity contribution in [3.8, 4) is 34.5 Å². The quantitative estimate of drug-likeness (QED) is 0.234. The number of aromatic hydroxyl groups is 2. The molecule has 3 N–H and O–H groups in total. The molecule has 0 aliphatic carbocycles. The molecule has 5 aromatic rings. The van der Waals surface area contributed by atoms with Crippen molar-refractivity contribution in [3.05, 3.63) is 138 Å². The Labute approximate surface area is 219 Å². The van der Waals surface area contributed by atoms with Crippen LogP contribution in [0.2, 0.25) is 0 Å². The van der Waals surface area contributed by atoms with E-state index in [1.54, 1.807) is 48.5 Å². The number of phenols is 2. The van der Waals surface area contributed by atoms with E-state index in [-0.39, 0.29) is 17.4 Å². The van der Waals surface area contributed by atoms with E-state index in [2.05, 4.69) is 5.32 Å². The molecule has 0 bridgehead atoms. The first-order valence-electron chi connectivity index (χ1n) is 12.1. The van der Waals surface area contributed by atoms with Crippen molar-refractivity contribution in [2.24, 2.45) is 0 Å². The lowest BCUT2D eigenvalue weighted by molar-refractivity contribution is -0.118. The number of amides is 1. The average molecular weight is 502 g/mol. The molecule has 0 saturated heterocycles. The average Bonchev–Trinajstić information content (AvgIpc) is 3.24. The predicted molar refractivity (Wildman–Crippen MR) is 144 cm³/mol. The van der Waals surface area contributed by atoms with E-state index >= 15 is 0 Å². The molecule has 0 atom stereocenters. The third-order valence-electron chi connectivity index (χ3n) is 6.64. The van der Waals surface area contributed by atoms with E-state index in [0.717, 1.165) is 22.4 Å². The number of phenolic OH excluding ortho intramolecular Hbond substituents is 2. The summed E-state index contributed by atoms with van der Waals surface area (Å²) in [5, 5.41) is 22.1. The van der Waals surface area contributed by atoms with Gasteiger partial charge in [-0.3, -0.25) is 4.79 Å². The summed E-state index contributed by atoms with van der Waals surface area (Å²) in [6, 6.07) is 35.6. The van der Waals surface area contributed by atoms with Crippen molar-refractivity contribution in [2.75, 3.05) is 5.32 Å². The molecule has 186 valence electrons. The Morgan fingerprint density at radius 3 is 1.37 bits per heavy atom. The highest BCUT2D eigenvalue weighted by Gasteiger charge is 2.49. The zero-order chi connectivity index (χ0) is 26.1. The molecule has 1 aliphatic heterocycles. The van der Waals surface area contributed by atoms with Crippen LogP contribution < -0.4 is 14.8 Å². The number of carbonyl (C=O) groups excluding carboxylic acids is 1. The van der Waals surface area contributed by atoms with Crippen molar-refractivity contribution in [2.45, 2.75) is 5.41 Å². The predicted octanol–water partition coefficient (Wildman–Crippen LogP) is 6.97. The molecule has 0 radical (unpaired) electrons. The molecule has 0 saturated carbocycles. The van der Waals surface area contributed by atoms with Crippen LogP contribution in [0.4, 0.5) is 5.69 Å². The van der Waals surface area contributed by atoms with Crippen LogP contribution in [0.5, 0.6) is 34.5 Å². The summed E-state index contributed by atoms with van der Waals surface area (Å²) in [6.45, 7) is 0. The largest absolute Gasteiger partial charge is 0.508 e. The highest BCUT2D eigenvalue weighted by molar-refractivity contribution is 6.11. The topological polar surface area (TPSA) is 88.0 Å². The Morgan fingerprint density at radius 2 is 0.921 bits per heavy atom. The van der Waals surface area contributed by atoms with Gasteiger partial charge in [0, 0.05) is 11.3 Å². The lowest BCUT2D eigenvalue weighted by atomic mass is 9.70. The number of hydrogen-bond acceptors (Lipinski definition) is 5. The maximum Gasteiger partial charge on any atom is 0.244 e. The minimum atomic E-state index is -1.06. The first kappa shape index (κ1) is 23.2. The zero-order valence-corrected chi connectivity index (χ0v) is 20.2. The second kappa shape index (κ2) is 9.33. The summed E-state index contributed by atoms with van der Waals surface area (Å²) < 4.78 is 11.8. The number of rotatable bonds is 6. The fourth-order valence-electron chi connectivity index (χ4n) is 4.84. The maximum absolute atomic E-state index is 13.7. The van der Waals surface area contributed by atoms with Gasteiger partial charge in [0.05, 0.1) is 0 Å². The van der Waals surface area contributed by atoms with Gasteiger partial charge in [-0.25, -0.2) is 0 Å². The highest BCUT2D eigenvalue weighted by atomic mass is 16.5. The number of benzene rings is 5. The fourth-order valence-corrected chi connectivity index (χ4v) is 4.84. The third-order valence-corrected chi connectivity index (χ3v) is 6.64. The molecular formula is C32H23NO5. The first-order chi connectivity index (χ1) is 18.5. The Hall–Kier alpha value is -5.23. The van der Waals surface area contributed by atoms with Crippen molar-refractivity contribution < 1.29 is 24.5 Å². The Balaban J connectivity index is 1.38.